The zero-order valence-corrected chi connectivity index (χ0v) is 17.1. The SMILES string of the molecule is CCCOc1ccc(S(=O)(=O)c2ccc(CN3C=Cc4ccoc4C3)cc2)cc1. The summed E-state index contributed by atoms with van der Waals surface area (Å²) in [6, 6.07) is 15.6. The molecule has 0 atom stereocenters. The molecule has 0 unspecified atom stereocenters. The number of fused-ring (bicyclic) bond motifs is 1. The van der Waals surface area contributed by atoms with Crippen LogP contribution < -0.4 is 4.74 Å². The van der Waals surface area contributed by atoms with Crippen LogP contribution in [0.3, 0.4) is 0 Å². The molecule has 0 aliphatic carbocycles. The Kier molecular flexibility index (Phi) is 5.45. The van der Waals surface area contributed by atoms with Crippen molar-refractivity contribution in [1.29, 1.82) is 0 Å². The summed E-state index contributed by atoms with van der Waals surface area (Å²) in [5, 5.41) is 0. The van der Waals surface area contributed by atoms with Gasteiger partial charge in [-0.3, -0.25) is 0 Å². The molecule has 1 aromatic heterocycles. The lowest BCUT2D eigenvalue weighted by Crippen LogP contribution is -2.18. The highest BCUT2D eigenvalue weighted by Gasteiger charge is 2.18. The second kappa shape index (κ2) is 8.17. The highest BCUT2D eigenvalue weighted by Crippen LogP contribution is 2.25. The van der Waals surface area contributed by atoms with Gasteiger partial charge in [0.15, 0.2) is 0 Å². The fraction of sp³-hybridized carbons (Fsp3) is 0.217. The van der Waals surface area contributed by atoms with Crippen molar-refractivity contribution in [2.75, 3.05) is 6.61 Å². The monoisotopic (exact) mass is 409 g/mol. The molecule has 0 spiro atoms. The first kappa shape index (κ1) is 19.3. The van der Waals surface area contributed by atoms with Gasteiger partial charge in [0.25, 0.3) is 0 Å². The van der Waals surface area contributed by atoms with Gasteiger partial charge in [0.05, 0.1) is 29.2 Å². The van der Waals surface area contributed by atoms with Crippen LogP contribution in [0.4, 0.5) is 0 Å². The molecule has 0 N–H and O–H groups in total. The predicted octanol–water partition coefficient (Wildman–Crippen LogP) is 4.89. The summed E-state index contributed by atoms with van der Waals surface area (Å²) >= 11 is 0. The third kappa shape index (κ3) is 4.22. The molecule has 1 aliphatic rings. The summed E-state index contributed by atoms with van der Waals surface area (Å²) in [5.74, 6) is 1.62. The Morgan fingerprint density at radius 3 is 2.38 bits per heavy atom. The molecule has 5 nitrogen and oxygen atoms in total. The number of sulfone groups is 1. The second-order valence-electron chi connectivity index (χ2n) is 6.99. The fourth-order valence-corrected chi connectivity index (χ4v) is 4.50. The minimum atomic E-state index is -3.56. The zero-order chi connectivity index (χ0) is 20.3. The fourth-order valence-electron chi connectivity index (χ4n) is 3.24. The lowest BCUT2D eigenvalue weighted by molar-refractivity contribution is 0.317. The van der Waals surface area contributed by atoms with Crippen molar-refractivity contribution in [1.82, 2.24) is 4.90 Å². The quantitative estimate of drug-likeness (QED) is 0.556. The van der Waals surface area contributed by atoms with Crippen LogP contribution in [-0.2, 0) is 22.9 Å². The zero-order valence-electron chi connectivity index (χ0n) is 16.2. The Hall–Kier alpha value is -2.99. The molecule has 0 fully saturated rings. The van der Waals surface area contributed by atoms with Gasteiger partial charge in [-0.05, 0) is 60.5 Å². The Morgan fingerprint density at radius 1 is 1.00 bits per heavy atom. The van der Waals surface area contributed by atoms with Crippen molar-refractivity contribution < 1.29 is 17.6 Å². The van der Waals surface area contributed by atoms with E-state index in [1.807, 2.05) is 37.4 Å². The molecule has 29 heavy (non-hydrogen) atoms. The number of ether oxygens (including phenoxy) is 1. The third-order valence-electron chi connectivity index (χ3n) is 4.82. The maximum atomic E-state index is 12.9. The molecule has 1 aliphatic heterocycles. The van der Waals surface area contributed by atoms with E-state index in [2.05, 4.69) is 4.90 Å². The van der Waals surface area contributed by atoms with Crippen molar-refractivity contribution in [3.8, 4) is 5.75 Å². The Bertz CT molecular complexity index is 1100. The van der Waals surface area contributed by atoms with Crippen LogP contribution in [0.25, 0.3) is 6.08 Å². The Balaban J connectivity index is 1.45. The van der Waals surface area contributed by atoms with E-state index in [-0.39, 0.29) is 9.79 Å². The van der Waals surface area contributed by atoms with E-state index in [0.29, 0.717) is 25.4 Å². The maximum Gasteiger partial charge on any atom is 0.206 e. The molecule has 3 aromatic rings. The van der Waals surface area contributed by atoms with Crippen LogP contribution in [0.5, 0.6) is 5.75 Å². The van der Waals surface area contributed by atoms with Gasteiger partial charge < -0.3 is 14.1 Å². The molecular weight excluding hydrogens is 386 g/mol. The average Bonchev–Trinajstić information content (AvgIpc) is 3.21. The van der Waals surface area contributed by atoms with Crippen molar-refractivity contribution in [2.45, 2.75) is 36.2 Å². The lowest BCUT2D eigenvalue weighted by atomic mass is 10.1. The van der Waals surface area contributed by atoms with Crippen LogP contribution in [-0.4, -0.2) is 19.9 Å². The number of nitrogens with zero attached hydrogens (tertiary/aromatic N) is 1. The van der Waals surface area contributed by atoms with E-state index in [9.17, 15) is 8.42 Å². The van der Waals surface area contributed by atoms with E-state index >= 15 is 0 Å². The van der Waals surface area contributed by atoms with Crippen molar-refractivity contribution in [2.24, 2.45) is 0 Å². The van der Waals surface area contributed by atoms with Crippen LogP contribution >= 0.6 is 0 Å². The summed E-state index contributed by atoms with van der Waals surface area (Å²) in [7, 11) is -3.56. The van der Waals surface area contributed by atoms with Gasteiger partial charge in [-0.2, -0.15) is 0 Å². The minimum absolute atomic E-state index is 0.262. The molecule has 150 valence electrons. The Morgan fingerprint density at radius 2 is 1.69 bits per heavy atom. The van der Waals surface area contributed by atoms with E-state index in [1.165, 1.54) is 0 Å². The smallest absolute Gasteiger partial charge is 0.206 e. The predicted molar refractivity (Wildman–Crippen MR) is 111 cm³/mol. The highest BCUT2D eigenvalue weighted by molar-refractivity contribution is 7.91. The highest BCUT2D eigenvalue weighted by atomic mass is 32.2. The third-order valence-corrected chi connectivity index (χ3v) is 6.60. The molecule has 2 heterocycles. The molecule has 2 aromatic carbocycles. The summed E-state index contributed by atoms with van der Waals surface area (Å²) in [4.78, 5) is 2.68. The van der Waals surface area contributed by atoms with E-state index in [1.54, 1.807) is 42.7 Å². The van der Waals surface area contributed by atoms with Gasteiger partial charge in [0, 0.05) is 18.3 Å². The van der Waals surface area contributed by atoms with Crippen LogP contribution in [0.15, 0.2) is 81.3 Å². The number of hydrogen-bond acceptors (Lipinski definition) is 5. The van der Waals surface area contributed by atoms with Gasteiger partial charge in [-0.1, -0.05) is 19.1 Å². The number of furan rings is 1. The van der Waals surface area contributed by atoms with Crippen LogP contribution in [0.2, 0.25) is 0 Å². The van der Waals surface area contributed by atoms with Crippen molar-refractivity contribution in [3.63, 3.8) is 0 Å². The van der Waals surface area contributed by atoms with Gasteiger partial charge in [0.1, 0.15) is 11.5 Å². The maximum absolute atomic E-state index is 12.9. The summed E-state index contributed by atoms with van der Waals surface area (Å²) in [6.07, 6.45) is 6.66. The standard InChI is InChI=1S/C23H23NO4S/c1-2-14-27-20-5-9-22(10-6-20)29(25,26)21-7-3-18(4-8-21)16-24-13-11-19-12-15-28-23(19)17-24/h3-13,15H,2,14,16-17H2,1H3. The summed E-state index contributed by atoms with van der Waals surface area (Å²) < 4.78 is 36.8. The van der Waals surface area contributed by atoms with Crippen molar-refractivity contribution >= 4 is 15.9 Å². The van der Waals surface area contributed by atoms with Crippen LogP contribution in [0.1, 0.15) is 30.2 Å². The molecule has 4 rings (SSSR count). The second-order valence-corrected chi connectivity index (χ2v) is 8.94. The van der Waals surface area contributed by atoms with Crippen LogP contribution in [0, 0.1) is 0 Å². The van der Waals surface area contributed by atoms with E-state index in [4.69, 9.17) is 9.15 Å². The van der Waals surface area contributed by atoms with Gasteiger partial charge in [-0.25, -0.2) is 8.42 Å². The van der Waals surface area contributed by atoms with E-state index in [0.717, 1.165) is 23.3 Å². The first-order chi connectivity index (χ1) is 14.1. The number of rotatable bonds is 7. The number of benzene rings is 2. The minimum Gasteiger partial charge on any atom is -0.494 e. The number of hydrogen-bond donors (Lipinski definition) is 0. The molecular formula is C23H23NO4S. The molecule has 0 saturated carbocycles. The first-order valence-electron chi connectivity index (χ1n) is 9.62. The summed E-state index contributed by atoms with van der Waals surface area (Å²) in [5.41, 5.74) is 2.14. The molecule has 0 radical (unpaired) electrons. The van der Waals surface area contributed by atoms with Gasteiger partial charge in [0.2, 0.25) is 9.84 Å². The van der Waals surface area contributed by atoms with E-state index < -0.39 is 9.84 Å². The van der Waals surface area contributed by atoms with Gasteiger partial charge >= 0.3 is 0 Å². The summed E-state index contributed by atoms with van der Waals surface area (Å²) in [6.45, 7) is 4.02. The largest absolute Gasteiger partial charge is 0.494 e. The topological polar surface area (TPSA) is 59.8 Å². The molecule has 0 saturated heterocycles. The van der Waals surface area contributed by atoms with Gasteiger partial charge in [-0.15, -0.1) is 0 Å². The molecule has 0 bridgehead atoms. The molecule has 6 heteroatoms. The van der Waals surface area contributed by atoms with Crippen molar-refractivity contribution in [3.05, 3.63) is 83.9 Å². The lowest BCUT2D eigenvalue weighted by Gasteiger charge is -2.22. The first-order valence-corrected chi connectivity index (χ1v) is 11.1. The molecule has 0 amide bonds. The Labute approximate surface area is 171 Å². The normalized spacial score (nSPS) is 13.3. The average molecular weight is 410 g/mol.